The van der Waals surface area contributed by atoms with E-state index in [0.29, 0.717) is 10.0 Å². The molecular formula is C14H12BrCl2NO. The number of hydrogen-bond acceptors (Lipinski definition) is 2. The fraction of sp³-hybridized carbons (Fsp3) is 0.143. The first-order valence-corrected chi connectivity index (χ1v) is 7.12. The summed E-state index contributed by atoms with van der Waals surface area (Å²) in [5, 5.41) is 1.12. The normalized spacial score (nSPS) is 12.3. The predicted molar refractivity (Wildman–Crippen MR) is 83.2 cm³/mol. The lowest BCUT2D eigenvalue weighted by atomic mass is 9.99. The summed E-state index contributed by atoms with van der Waals surface area (Å²) in [6, 6.07) is 10.6. The van der Waals surface area contributed by atoms with Crippen molar-refractivity contribution in [2.45, 2.75) is 6.04 Å². The lowest BCUT2D eigenvalue weighted by Crippen LogP contribution is -2.13. The maximum Gasteiger partial charge on any atom is 0.133 e. The van der Waals surface area contributed by atoms with Gasteiger partial charge in [-0.15, -0.1) is 0 Å². The van der Waals surface area contributed by atoms with Crippen LogP contribution < -0.4 is 10.5 Å². The Morgan fingerprint density at radius 1 is 1.16 bits per heavy atom. The molecule has 0 aliphatic heterocycles. The molecule has 0 saturated heterocycles. The quantitative estimate of drug-likeness (QED) is 0.852. The smallest absolute Gasteiger partial charge is 0.133 e. The van der Waals surface area contributed by atoms with Gasteiger partial charge >= 0.3 is 0 Å². The number of halogens is 3. The van der Waals surface area contributed by atoms with E-state index < -0.39 is 0 Å². The SMILES string of the molecule is COc1ccc(C(N)c2c(Cl)cccc2Cl)cc1Br. The van der Waals surface area contributed by atoms with E-state index >= 15 is 0 Å². The highest BCUT2D eigenvalue weighted by Gasteiger charge is 2.17. The van der Waals surface area contributed by atoms with Crippen LogP contribution in [-0.2, 0) is 0 Å². The summed E-state index contributed by atoms with van der Waals surface area (Å²) >= 11 is 15.8. The molecule has 1 unspecified atom stereocenters. The molecule has 5 heteroatoms. The van der Waals surface area contributed by atoms with Gasteiger partial charge in [-0.1, -0.05) is 35.3 Å². The predicted octanol–water partition coefficient (Wildman–Crippen LogP) is 4.81. The fourth-order valence-corrected chi connectivity index (χ4v) is 3.04. The van der Waals surface area contributed by atoms with Gasteiger partial charge in [-0.2, -0.15) is 0 Å². The Balaban J connectivity index is 2.44. The average Bonchev–Trinajstić information content (AvgIpc) is 2.38. The van der Waals surface area contributed by atoms with Crippen LogP contribution in [0.4, 0.5) is 0 Å². The number of nitrogens with two attached hydrogens (primary N) is 1. The zero-order chi connectivity index (χ0) is 14.0. The molecule has 0 saturated carbocycles. The first kappa shape index (κ1) is 14.7. The Morgan fingerprint density at radius 2 is 1.79 bits per heavy atom. The number of benzene rings is 2. The number of rotatable bonds is 3. The number of ether oxygens (including phenoxy) is 1. The van der Waals surface area contributed by atoms with Crippen LogP contribution in [0.3, 0.4) is 0 Å². The molecule has 100 valence electrons. The van der Waals surface area contributed by atoms with Crippen molar-refractivity contribution in [1.29, 1.82) is 0 Å². The lowest BCUT2D eigenvalue weighted by Gasteiger charge is -2.17. The first-order valence-electron chi connectivity index (χ1n) is 5.57. The molecule has 1 atom stereocenters. The maximum absolute atomic E-state index is 6.25. The van der Waals surface area contributed by atoms with Gasteiger partial charge in [0.1, 0.15) is 5.75 Å². The van der Waals surface area contributed by atoms with E-state index in [-0.39, 0.29) is 6.04 Å². The van der Waals surface area contributed by atoms with Gasteiger partial charge in [-0.25, -0.2) is 0 Å². The zero-order valence-electron chi connectivity index (χ0n) is 10.2. The largest absolute Gasteiger partial charge is 0.496 e. The van der Waals surface area contributed by atoms with Crippen molar-refractivity contribution >= 4 is 39.1 Å². The van der Waals surface area contributed by atoms with Crippen LogP contribution in [0.1, 0.15) is 17.2 Å². The zero-order valence-corrected chi connectivity index (χ0v) is 13.3. The Bertz CT molecular complexity index is 584. The summed E-state index contributed by atoms with van der Waals surface area (Å²) in [6.45, 7) is 0. The molecule has 0 aromatic heterocycles. The first-order chi connectivity index (χ1) is 9.04. The van der Waals surface area contributed by atoms with Crippen molar-refractivity contribution < 1.29 is 4.74 Å². The van der Waals surface area contributed by atoms with Crippen LogP contribution in [0.5, 0.6) is 5.75 Å². The van der Waals surface area contributed by atoms with Gasteiger partial charge in [-0.05, 0) is 45.8 Å². The lowest BCUT2D eigenvalue weighted by molar-refractivity contribution is 0.412. The van der Waals surface area contributed by atoms with Gasteiger partial charge in [-0.3, -0.25) is 0 Å². The molecule has 19 heavy (non-hydrogen) atoms. The van der Waals surface area contributed by atoms with Crippen LogP contribution in [0.25, 0.3) is 0 Å². The summed E-state index contributed by atoms with van der Waals surface area (Å²) in [5.41, 5.74) is 7.88. The monoisotopic (exact) mass is 359 g/mol. The molecule has 0 heterocycles. The van der Waals surface area contributed by atoms with Gasteiger partial charge in [0.2, 0.25) is 0 Å². The molecule has 2 rings (SSSR count). The third kappa shape index (κ3) is 3.06. The minimum atomic E-state index is -0.386. The number of hydrogen-bond donors (Lipinski definition) is 1. The van der Waals surface area contributed by atoms with Crippen molar-refractivity contribution in [2.75, 3.05) is 7.11 Å². The third-order valence-corrected chi connectivity index (χ3v) is 4.12. The molecule has 0 amide bonds. The second kappa shape index (κ2) is 6.14. The Morgan fingerprint density at radius 3 is 2.32 bits per heavy atom. The molecule has 2 nitrogen and oxygen atoms in total. The van der Waals surface area contributed by atoms with E-state index in [1.54, 1.807) is 25.3 Å². The summed E-state index contributed by atoms with van der Waals surface area (Å²) in [7, 11) is 1.62. The Kier molecular flexibility index (Phi) is 4.74. The van der Waals surface area contributed by atoms with E-state index in [2.05, 4.69) is 15.9 Å². The average molecular weight is 361 g/mol. The summed E-state index contributed by atoms with van der Waals surface area (Å²) in [4.78, 5) is 0. The highest BCUT2D eigenvalue weighted by Crippen LogP contribution is 2.35. The molecular weight excluding hydrogens is 349 g/mol. The second-order valence-electron chi connectivity index (χ2n) is 4.01. The molecule has 0 aliphatic rings. The molecule has 0 fully saturated rings. The van der Waals surface area contributed by atoms with Crippen LogP contribution in [-0.4, -0.2) is 7.11 Å². The fourth-order valence-electron chi connectivity index (χ4n) is 1.85. The number of methoxy groups -OCH3 is 1. The standard InChI is InChI=1S/C14H12BrCl2NO/c1-19-12-6-5-8(7-9(12)15)14(18)13-10(16)3-2-4-11(13)17/h2-7,14H,18H2,1H3. The van der Waals surface area contributed by atoms with Crippen LogP contribution in [0.2, 0.25) is 10.0 Å². The Hall–Kier alpha value is -0.740. The molecule has 2 aromatic carbocycles. The molecule has 0 aliphatic carbocycles. The Labute approximate surface area is 130 Å². The highest BCUT2D eigenvalue weighted by molar-refractivity contribution is 9.10. The van der Waals surface area contributed by atoms with Gasteiger partial charge in [0.25, 0.3) is 0 Å². The van der Waals surface area contributed by atoms with E-state index in [9.17, 15) is 0 Å². The van der Waals surface area contributed by atoms with E-state index in [0.717, 1.165) is 21.3 Å². The minimum Gasteiger partial charge on any atom is -0.496 e. The van der Waals surface area contributed by atoms with Gasteiger partial charge in [0.05, 0.1) is 17.6 Å². The van der Waals surface area contributed by atoms with Crippen LogP contribution in [0.15, 0.2) is 40.9 Å². The molecule has 2 N–H and O–H groups in total. The van der Waals surface area contributed by atoms with E-state index in [1.165, 1.54) is 0 Å². The molecule has 2 aromatic rings. The van der Waals surface area contributed by atoms with Crippen LogP contribution >= 0.6 is 39.1 Å². The van der Waals surface area contributed by atoms with E-state index in [1.807, 2.05) is 18.2 Å². The second-order valence-corrected chi connectivity index (χ2v) is 5.68. The van der Waals surface area contributed by atoms with Gasteiger partial charge < -0.3 is 10.5 Å². The molecule has 0 bridgehead atoms. The minimum absolute atomic E-state index is 0.386. The van der Waals surface area contributed by atoms with Crippen molar-refractivity contribution in [1.82, 2.24) is 0 Å². The summed E-state index contributed by atoms with van der Waals surface area (Å²) in [6.07, 6.45) is 0. The van der Waals surface area contributed by atoms with Crippen molar-refractivity contribution in [2.24, 2.45) is 5.73 Å². The maximum atomic E-state index is 6.25. The van der Waals surface area contributed by atoms with Crippen molar-refractivity contribution in [3.05, 3.63) is 62.0 Å². The topological polar surface area (TPSA) is 35.2 Å². The van der Waals surface area contributed by atoms with Crippen molar-refractivity contribution in [3.63, 3.8) is 0 Å². The van der Waals surface area contributed by atoms with Gasteiger partial charge in [0, 0.05) is 15.6 Å². The highest BCUT2D eigenvalue weighted by atomic mass is 79.9. The third-order valence-electron chi connectivity index (χ3n) is 2.85. The summed E-state index contributed by atoms with van der Waals surface area (Å²) in [5.74, 6) is 0.751. The van der Waals surface area contributed by atoms with Crippen LogP contribution in [0, 0.1) is 0 Å². The van der Waals surface area contributed by atoms with Crippen molar-refractivity contribution in [3.8, 4) is 5.75 Å². The molecule has 0 radical (unpaired) electrons. The summed E-state index contributed by atoms with van der Waals surface area (Å²) < 4.78 is 6.03. The van der Waals surface area contributed by atoms with Gasteiger partial charge in [0.15, 0.2) is 0 Å². The molecule has 0 spiro atoms. The van der Waals surface area contributed by atoms with E-state index in [4.69, 9.17) is 33.7 Å².